The van der Waals surface area contributed by atoms with Gasteiger partial charge in [0.1, 0.15) is 36.5 Å². The van der Waals surface area contributed by atoms with Gasteiger partial charge in [-0.2, -0.15) is 0 Å². The largest absolute Gasteiger partial charge is 0.481 e. The zero-order valence-corrected chi connectivity index (χ0v) is 33.5. The van der Waals surface area contributed by atoms with Crippen molar-refractivity contribution in [3.63, 3.8) is 0 Å². The van der Waals surface area contributed by atoms with Gasteiger partial charge in [-0.1, -0.05) is 61.8 Å². The Morgan fingerprint density at radius 1 is 0.691 bits per heavy atom. The zero-order chi connectivity index (χ0) is 42.2. The molecule has 1 heterocycles. The van der Waals surface area contributed by atoms with Crippen LogP contribution in [0.1, 0.15) is 107 Å². The second-order valence-corrected chi connectivity index (χ2v) is 15.4. The summed E-state index contributed by atoms with van der Waals surface area (Å²) in [5.41, 5.74) is 3.97. The van der Waals surface area contributed by atoms with Crippen molar-refractivity contribution in [3.05, 3.63) is 0 Å². The Morgan fingerprint density at radius 2 is 1.18 bits per heavy atom. The SMILES string of the molecule is CC[C@H](C)[C@H]([NH3+])C(=O)N1CCC[C@H]1C(=O)N[C@@H](CC(=O)O)C(=O)N[C@@H](CC(C)C)C(=O)N[C@H](C(=O)N[C@@H](CC(=O)O)C(=O)N[C@H](C=O)CC(C)C)[C@@H](C)CC. The standard InChI is InChI=1S/C37H63N7O11/c1-9-21(7)30(38)37(55)44-13-11-12-27(44)35(53)41-26(17-29(48)49)33(51)40-24(15-20(5)6)34(52)43-31(22(8)10-2)36(54)42-25(16-28(46)47)32(50)39-23(18-45)14-19(3)4/h18-27,30-31H,9-17,38H2,1-8H3,(H,39,50)(H,40,51)(H,41,53)(H,42,54)(H,43,52)(H,46,47)(H,48,49)/p+1/t21-,22-,23-,24-,25-,26-,27-,30-,31-/m0/s1. The Morgan fingerprint density at radius 3 is 1.67 bits per heavy atom. The zero-order valence-electron chi connectivity index (χ0n) is 33.5. The third-order valence-electron chi connectivity index (χ3n) is 9.86. The molecule has 1 aliphatic rings. The quantitative estimate of drug-likeness (QED) is 0.0569. The minimum absolute atomic E-state index is 0.0253. The Labute approximate surface area is 323 Å². The van der Waals surface area contributed by atoms with Gasteiger partial charge >= 0.3 is 11.9 Å². The van der Waals surface area contributed by atoms with Gasteiger partial charge in [0.2, 0.25) is 29.5 Å². The predicted octanol–water partition coefficient (Wildman–Crippen LogP) is -0.655. The van der Waals surface area contributed by atoms with Gasteiger partial charge in [-0.3, -0.25) is 38.4 Å². The van der Waals surface area contributed by atoms with Crippen molar-refractivity contribution in [2.24, 2.45) is 23.7 Å². The van der Waals surface area contributed by atoms with Gasteiger partial charge in [-0.15, -0.1) is 0 Å². The lowest BCUT2D eigenvalue weighted by Crippen LogP contribution is -2.71. The maximum absolute atomic E-state index is 13.8. The topological polar surface area (TPSA) is 285 Å². The second-order valence-electron chi connectivity index (χ2n) is 15.4. The molecule has 0 unspecified atom stereocenters. The van der Waals surface area contributed by atoms with Crippen molar-refractivity contribution in [2.45, 2.75) is 149 Å². The number of nitrogens with one attached hydrogen (secondary N) is 5. The number of hydrogen-bond donors (Lipinski definition) is 8. The lowest BCUT2D eigenvalue weighted by atomic mass is 9.96. The van der Waals surface area contributed by atoms with E-state index < -0.39 is 103 Å². The first kappa shape index (κ1) is 48.4. The van der Waals surface area contributed by atoms with Crippen LogP contribution < -0.4 is 32.3 Å². The summed E-state index contributed by atoms with van der Waals surface area (Å²) >= 11 is 0. The van der Waals surface area contributed by atoms with E-state index in [9.17, 15) is 53.4 Å². The summed E-state index contributed by atoms with van der Waals surface area (Å²) in [4.78, 5) is 117. The van der Waals surface area contributed by atoms with Crippen LogP contribution in [-0.2, 0) is 43.2 Å². The lowest BCUT2D eigenvalue weighted by molar-refractivity contribution is -0.417. The van der Waals surface area contributed by atoms with Gasteiger partial charge in [0.25, 0.3) is 5.91 Å². The molecular weight excluding hydrogens is 718 g/mol. The smallest absolute Gasteiger partial charge is 0.305 e. The van der Waals surface area contributed by atoms with Crippen LogP contribution in [0.25, 0.3) is 0 Å². The van der Waals surface area contributed by atoms with Crippen molar-refractivity contribution in [1.82, 2.24) is 31.5 Å². The number of carbonyl (C=O) groups excluding carboxylic acids is 7. The van der Waals surface area contributed by atoms with Crippen LogP contribution >= 0.6 is 0 Å². The molecule has 0 aromatic rings. The molecule has 6 amide bonds. The number of amides is 6. The first-order valence-electron chi connectivity index (χ1n) is 19.2. The fourth-order valence-corrected chi connectivity index (χ4v) is 6.21. The van der Waals surface area contributed by atoms with Crippen molar-refractivity contribution in [1.29, 1.82) is 0 Å². The molecule has 9 atom stereocenters. The van der Waals surface area contributed by atoms with Crippen molar-refractivity contribution in [2.75, 3.05) is 6.54 Å². The van der Waals surface area contributed by atoms with E-state index >= 15 is 0 Å². The Hall–Kier alpha value is -4.61. The van der Waals surface area contributed by atoms with Gasteiger partial charge in [-0.25, -0.2) is 0 Å². The molecule has 18 heteroatoms. The van der Waals surface area contributed by atoms with Crippen LogP contribution in [0.4, 0.5) is 0 Å². The highest BCUT2D eigenvalue weighted by molar-refractivity contribution is 5.98. The molecule has 1 rings (SSSR count). The molecule has 0 aliphatic carbocycles. The average molecular weight is 783 g/mol. The van der Waals surface area contributed by atoms with E-state index in [4.69, 9.17) is 0 Å². The fourth-order valence-electron chi connectivity index (χ4n) is 6.21. The molecule has 1 saturated heterocycles. The molecule has 0 spiro atoms. The maximum Gasteiger partial charge on any atom is 0.305 e. The van der Waals surface area contributed by atoms with Gasteiger partial charge in [0.15, 0.2) is 6.04 Å². The number of likely N-dealkylation sites (tertiary alicyclic amines) is 1. The van der Waals surface area contributed by atoms with E-state index in [1.54, 1.807) is 27.7 Å². The van der Waals surface area contributed by atoms with Crippen LogP contribution in [0.3, 0.4) is 0 Å². The summed E-state index contributed by atoms with van der Waals surface area (Å²) in [5, 5.41) is 31.5. The number of hydrogen-bond acceptors (Lipinski definition) is 9. The van der Waals surface area contributed by atoms with Crippen molar-refractivity contribution < 1.29 is 59.1 Å². The lowest BCUT2D eigenvalue weighted by Gasteiger charge is -2.30. The fraction of sp³-hybridized carbons (Fsp3) is 0.757. The first-order chi connectivity index (χ1) is 25.7. The second kappa shape index (κ2) is 23.3. The van der Waals surface area contributed by atoms with Gasteiger partial charge < -0.3 is 52.2 Å². The van der Waals surface area contributed by atoms with Crippen LogP contribution in [-0.4, -0.2) is 118 Å². The summed E-state index contributed by atoms with van der Waals surface area (Å²) < 4.78 is 0. The van der Waals surface area contributed by atoms with Crippen LogP contribution in [0.15, 0.2) is 0 Å². The van der Waals surface area contributed by atoms with E-state index in [0.29, 0.717) is 38.5 Å². The summed E-state index contributed by atoms with van der Waals surface area (Å²) in [6.45, 7) is 14.7. The molecule has 312 valence electrons. The molecule has 55 heavy (non-hydrogen) atoms. The third kappa shape index (κ3) is 16.0. The molecule has 0 bridgehead atoms. The molecule has 18 nitrogen and oxygen atoms in total. The Kier molecular flexibility index (Phi) is 20.5. The van der Waals surface area contributed by atoms with Gasteiger partial charge in [0.05, 0.1) is 18.9 Å². The maximum atomic E-state index is 13.8. The van der Waals surface area contributed by atoms with Gasteiger partial charge in [0, 0.05) is 12.5 Å². The van der Waals surface area contributed by atoms with Gasteiger partial charge in [-0.05, 0) is 49.9 Å². The number of aliphatic carboxylic acids is 2. The monoisotopic (exact) mass is 782 g/mol. The summed E-state index contributed by atoms with van der Waals surface area (Å²) in [5.74, 6) is -8.17. The van der Waals surface area contributed by atoms with Crippen LogP contribution in [0.5, 0.6) is 0 Å². The van der Waals surface area contributed by atoms with E-state index in [1.165, 1.54) is 4.90 Å². The summed E-state index contributed by atoms with van der Waals surface area (Å²) in [6, 6.07) is -8.29. The number of aldehydes is 1. The number of rotatable bonds is 24. The summed E-state index contributed by atoms with van der Waals surface area (Å²) in [6.07, 6.45) is 1.08. The molecule has 0 aromatic carbocycles. The average Bonchev–Trinajstić information content (AvgIpc) is 3.60. The highest BCUT2D eigenvalue weighted by Gasteiger charge is 2.41. The number of nitrogens with zero attached hydrogens (tertiary/aromatic N) is 1. The van der Waals surface area contributed by atoms with Crippen molar-refractivity contribution >= 4 is 53.7 Å². The third-order valence-corrected chi connectivity index (χ3v) is 9.86. The number of quaternary nitrogens is 1. The Bertz CT molecular complexity index is 1370. The van der Waals surface area contributed by atoms with Crippen LogP contribution in [0, 0.1) is 23.7 Å². The van der Waals surface area contributed by atoms with E-state index in [1.807, 2.05) is 27.7 Å². The molecule has 0 aromatic heterocycles. The predicted molar refractivity (Wildman–Crippen MR) is 199 cm³/mol. The van der Waals surface area contributed by atoms with Crippen molar-refractivity contribution in [3.8, 4) is 0 Å². The Balaban J connectivity index is 3.28. The van der Waals surface area contributed by atoms with Crippen LogP contribution in [0.2, 0.25) is 0 Å². The molecule has 10 N–H and O–H groups in total. The number of carbonyl (C=O) groups is 9. The van der Waals surface area contributed by atoms with E-state index in [2.05, 4.69) is 32.3 Å². The van der Waals surface area contributed by atoms with E-state index in [-0.39, 0.29) is 36.5 Å². The summed E-state index contributed by atoms with van der Waals surface area (Å²) in [7, 11) is 0. The van der Waals surface area contributed by atoms with E-state index in [0.717, 1.165) is 0 Å². The minimum atomic E-state index is -1.62. The molecule has 0 radical (unpaired) electrons. The number of carboxylic acids is 2. The molecule has 1 aliphatic heterocycles. The normalized spacial score (nSPS) is 18.5. The molecule has 0 saturated carbocycles. The molecular formula is C37H64N7O11+. The highest BCUT2D eigenvalue weighted by Crippen LogP contribution is 2.21. The molecule has 1 fully saturated rings. The highest BCUT2D eigenvalue weighted by atomic mass is 16.4. The first-order valence-corrected chi connectivity index (χ1v) is 19.2. The minimum Gasteiger partial charge on any atom is -0.481 e. The number of carboxylic acid groups (broad SMARTS) is 2.